The van der Waals surface area contributed by atoms with Crippen molar-refractivity contribution in [1.29, 1.82) is 0 Å². The van der Waals surface area contributed by atoms with Crippen LogP contribution in [0.1, 0.15) is 31.0 Å². The molecule has 0 spiro atoms. The van der Waals surface area contributed by atoms with Crippen LogP contribution in [0.3, 0.4) is 0 Å². The van der Waals surface area contributed by atoms with Crippen molar-refractivity contribution in [3.63, 3.8) is 0 Å². The van der Waals surface area contributed by atoms with E-state index in [9.17, 15) is 0 Å². The second kappa shape index (κ2) is 5.04. The van der Waals surface area contributed by atoms with Gasteiger partial charge in [-0.2, -0.15) is 0 Å². The van der Waals surface area contributed by atoms with Gasteiger partial charge in [-0.15, -0.1) is 0 Å². The van der Waals surface area contributed by atoms with E-state index >= 15 is 0 Å². The first kappa shape index (κ1) is 11.7. The number of nitrogens with one attached hydrogen (secondary N) is 1. The van der Waals surface area contributed by atoms with Crippen molar-refractivity contribution in [2.24, 2.45) is 0 Å². The lowest BCUT2D eigenvalue weighted by Gasteiger charge is -2.02. The lowest BCUT2D eigenvalue weighted by molar-refractivity contribution is 0.795. The molecule has 2 rings (SSSR count). The molecule has 1 aromatic carbocycles. The van der Waals surface area contributed by atoms with Crippen LogP contribution in [0.5, 0.6) is 0 Å². The minimum atomic E-state index is 0.479. The molecular weight excluding hydrogens is 210 g/mol. The molecule has 0 saturated heterocycles. The largest absolute Gasteiger partial charge is 0.369 e. The Balaban J connectivity index is 2.20. The second-order valence-electron chi connectivity index (χ2n) is 4.40. The summed E-state index contributed by atoms with van der Waals surface area (Å²) < 4.78 is 0. The smallest absolute Gasteiger partial charge is 0.198 e. The molecule has 90 valence electrons. The fourth-order valence-electron chi connectivity index (χ4n) is 1.97. The Morgan fingerprint density at radius 1 is 1.24 bits per heavy atom. The summed E-state index contributed by atoms with van der Waals surface area (Å²) in [6.45, 7) is 4.20. The van der Waals surface area contributed by atoms with Gasteiger partial charge in [-0.25, -0.2) is 4.98 Å². The Hall–Kier alpha value is -1.77. The van der Waals surface area contributed by atoms with Crippen LogP contribution in [0, 0.1) is 6.92 Å². The quantitative estimate of drug-likeness (QED) is 0.845. The van der Waals surface area contributed by atoms with Gasteiger partial charge in [0.2, 0.25) is 0 Å². The average Bonchev–Trinajstić information content (AvgIpc) is 2.66. The van der Waals surface area contributed by atoms with Crippen LogP contribution >= 0.6 is 0 Å². The van der Waals surface area contributed by atoms with E-state index in [1.807, 2.05) is 6.92 Å². The summed E-state index contributed by atoms with van der Waals surface area (Å²) in [5.74, 6) is 0.479. The molecule has 17 heavy (non-hydrogen) atoms. The van der Waals surface area contributed by atoms with Crippen molar-refractivity contribution in [3.8, 4) is 11.3 Å². The zero-order chi connectivity index (χ0) is 12.3. The molecule has 0 saturated carbocycles. The lowest BCUT2D eigenvalue weighted by Crippen LogP contribution is -1.87. The Kier molecular flexibility index (Phi) is 3.47. The molecule has 0 atom stereocenters. The summed E-state index contributed by atoms with van der Waals surface area (Å²) >= 11 is 0. The second-order valence-corrected chi connectivity index (χ2v) is 4.40. The minimum Gasteiger partial charge on any atom is -0.369 e. The third-order valence-corrected chi connectivity index (χ3v) is 2.95. The predicted octanol–water partition coefficient (Wildman–Crippen LogP) is 3.31. The highest BCUT2D eigenvalue weighted by Gasteiger charge is 2.06. The number of unbranched alkanes of at least 4 members (excludes halogenated alkanes) is 1. The van der Waals surface area contributed by atoms with Gasteiger partial charge in [-0.3, -0.25) is 0 Å². The van der Waals surface area contributed by atoms with Crippen LogP contribution in [0.4, 0.5) is 5.95 Å². The normalized spacial score (nSPS) is 10.7. The van der Waals surface area contributed by atoms with E-state index < -0.39 is 0 Å². The zero-order valence-electron chi connectivity index (χ0n) is 10.5. The fourth-order valence-corrected chi connectivity index (χ4v) is 1.97. The molecule has 0 fully saturated rings. The molecule has 0 amide bonds. The van der Waals surface area contributed by atoms with E-state index in [1.54, 1.807) is 0 Å². The zero-order valence-corrected chi connectivity index (χ0v) is 10.5. The molecule has 0 aliphatic rings. The van der Waals surface area contributed by atoms with Crippen LogP contribution in [0.2, 0.25) is 0 Å². The van der Waals surface area contributed by atoms with Crippen LogP contribution < -0.4 is 5.73 Å². The number of nitrogens with zero attached hydrogens (tertiary/aromatic N) is 1. The Morgan fingerprint density at radius 3 is 2.47 bits per heavy atom. The summed E-state index contributed by atoms with van der Waals surface area (Å²) in [6.07, 6.45) is 3.63. The molecule has 3 nitrogen and oxygen atoms in total. The van der Waals surface area contributed by atoms with Gasteiger partial charge in [-0.1, -0.05) is 37.6 Å². The maximum Gasteiger partial charge on any atom is 0.198 e. The topological polar surface area (TPSA) is 54.7 Å². The summed E-state index contributed by atoms with van der Waals surface area (Å²) in [6, 6.07) is 8.59. The maximum atomic E-state index is 5.65. The van der Waals surface area contributed by atoms with Gasteiger partial charge in [0.15, 0.2) is 5.95 Å². The molecule has 0 aliphatic carbocycles. The first-order chi connectivity index (χ1) is 8.20. The molecule has 1 aromatic heterocycles. The number of aryl methyl sites for hydroxylation is 2. The number of hydrogen-bond acceptors (Lipinski definition) is 2. The summed E-state index contributed by atoms with van der Waals surface area (Å²) in [5, 5.41) is 0. The van der Waals surface area contributed by atoms with Crippen molar-refractivity contribution in [1.82, 2.24) is 9.97 Å². The van der Waals surface area contributed by atoms with E-state index in [4.69, 9.17) is 5.73 Å². The van der Waals surface area contributed by atoms with E-state index in [-0.39, 0.29) is 0 Å². The third-order valence-electron chi connectivity index (χ3n) is 2.95. The molecule has 0 radical (unpaired) electrons. The Bertz CT molecular complexity index is 483. The number of nitrogen functional groups attached to an aromatic ring is 1. The minimum absolute atomic E-state index is 0.479. The number of benzene rings is 1. The van der Waals surface area contributed by atoms with Gasteiger partial charge in [0, 0.05) is 11.3 Å². The van der Waals surface area contributed by atoms with Crippen LogP contribution in [0.25, 0.3) is 11.3 Å². The summed E-state index contributed by atoms with van der Waals surface area (Å²) in [5.41, 5.74) is 10.1. The van der Waals surface area contributed by atoms with Crippen molar-refractivity contribution < 1.29 is 0 Å². The average molecular weight is 229 g/mol. The molecule has 3 N–H and O–H groups in total. The monoisotopic (exact) mass is 229 g/mol. The first-order valence-corrected chi connectivity index (χ1v) is 6.12. The Morgan fingerprint density at radius 2 is 1.94 bits per heavy atom. The number of nitrogens with two attached hydrogens (primary N) is 1. The van der Waals surface area contributed by atoms with Crippen molar-refractivity contribution >= 4 is 5.95 Å². The van der Waals surface area contributed by atoms with Crippen molar-refractivity contribution in [2.45, 2.75) is 33.1 Å². The first-order valence-electron chi connectivity index (χ1n) is 6.12. The fraction of sp³-hybridized carbons (Fsp3) is 0.357. The Labute approximate surface area is 102 Å². The van der Waals surface area contributed by atoms with Gasteiger partial charge in [0.1, 0.15) is 0 Å². The number of aromatic nitrogens is 2. The van der Waals surface area contributed by atoms with Crippen molar-refractivity contribution in [3.05, 3.63) is 35.5 Å². The van der Waals surface area contributed by atoms with E-state index in [0.29, 0.717) is 5.95 Å². The van der Waals surface area contributed by atoms with Gasteiger partial charge >= 0.3 is 0 Å². The molecule has 0 unspecified atom stereocenters. The molecule has 2 aromatic rings. The number of aromatic amines is 1. The number of rotatable bonds is 4. The molecule has 3 heteroatoms. The van der Waals surface area contributed by atoms with Crippen LogP contribution in [0.15, 0.2) is 24.3 Å². The molecule has 1 heterocycles. The number of anilines is 1. The van der Waals surface area contributed by atoms with Crippen LogP contribution in [-0.4, -0.2) is 9.97 Å². The lowest BCUT2D eigenvalue weighted by atomic mass is 10.0. The highest BCUT2D eigenvalue weighted by atomic mass is 15.0. The van der Waals surface area contributed by atoms with Gasteiger partial charge in [0.25, 0.3) is 0 Å². The maximum absolute atomic E-state index is 5.65. The highest BCUT2D eigenvalue weighted by Crippen LogP contribution is 2.22. The van der Waals surface area contributed by atoms with Crippen molar-refractivity contribution in [2.75, 3.05) is 5.73 Å². The van der Waals surface area contributed by atoms with E-state index in [1.165, 1.54) is 18.4 Å². The van der Waals surface area contributed by atoms with E-state index in [0.717, 1.165) is 23.4 Å². The standard InChI is InChI=1S/C14H19N3/c1-3-4-5-11-6-8-12(9-7-11)13-10(2)16-14(15)17-13/h6-9H,3-5H2,1-2H3,(H3,15,16,17). The number of hydrogen-bond donors (Lipinski definition) is 2. The van der Waals surface area contributed by atoms with E-state index in [2.05, 4.69) is 41.2 Å². The SMILES string of the molecule is CCCCc1ccc(-c2nc(N)[nH]c2C)cc1. The van der Waals surface area contributed by atoms with Crippen LogP contribution in [-0.2, 0) is 6.42 Å². The summed E-state index contributed by atoms with van der Waals surface area (Å²) in [7, 11) is 0. The molecule has 0 bridgehead atoms. The number of imidazole rings is 1. The highest BCUT2D eigenvalue weighted by molar-refractivity contribution is 5.63. The molecule has 0 aliphatic heterocycles. The predicted molar refractivity (Wildman–Crippen MR) is 71.8 cm³/mol. The van der Waals surface area contributed by atoms with Gasteiger partial charge in [-0.05, 0) is 25.3 Å². The molecular formula is C14H19N3. The third kappa shape index (κ3) is 2.67. The van der Waals surface area contributed by atoms with Gasteiger partial charge in [0.05, 0.1) is 5.69 Å². The number of H-pyrrole nitrogens is 1. The van der Waals surface area contributed by atoms with Gasteiger partial charge < -0.3 is 10.7 Å². The summed E-state index contributed by atoms with van der Waals surface area (Å²) in [4.78, 5) is 7.32.